The minimum absolute atomic E-state index is 0.0244. The van der Waals surface area contributed by atoms with Gasteiger partial charge in [0, 0.05) is 17.5 Å². The van der Waals surface area contributed by atoms with Crippen LogP contribution in [0.2, 0.25) is 0 Å². The van der Waals surface area contributed by atoms with Gasteiger partial charge in [-0.1, -0.05) is 42.5 Å². The van der Waals surface area contributed by atoms with Crippen molar-refractivity contribution in [3.05, 3.63) is 93.7 Å². The summed E-state index contributed by atoms with van der Waals surface area (Å²) in [5, 5.41) is 2.13. The van der Waals surface area contributed by atoms with E-state index in [1.807, 2.05) is 53.4 Å². The summed E-state index contributed by atoms with van der Waals surface area (Å²) in [6.07, 6.45) is 4.44. The number of nitrogens with zero attached hydrogens (tertiary/aromatic N) is 1. The molecular formula is C23H21NO2S. The number of rotatable bonds is 4. The summed E-state index contributed by atoms with van der Waals surface area (Å²) in [5.41, 5.74) is 3.35. The van der Waals surface area contributed by atoms with Gasteiger partial charge in [0.1, 0.15) is 5.75 Å². The zero-order chi connectivity index (χ0) is 18.6. The molecule has 0 saturated carbocycles. The molecule has 0 fully saturated rings. The van der Waals surface area contributed by atoms with Gasteiger partial charge in [0.25, 0.3) is 0 Å². The van der Waals surface area contributed by atoms with Crippen molar-refractivity contribution in [1.29, 1.82) is 0 Å². The molecule has 3 nitrogen and oxygen atoms in total. The van der Waals surface area contributed by atoms with Crippen molar-refractivity contribution in [2.24, 2.45) is 0 Å². The third kappa shape index (κ3) is 3.67. The van der Waals surface area contributed by atoms with E-state index in [0.717, 1.165) is 29.8 Å². The Balaban J connectivity index is 1.63. The molecule has 1 atom stereocenters. The zero-order valence-corrected chi connectivity index (χ0v) is 16.0. The lowest BCUT2D eigenvalue weighted by atomic mass is 9.93. The number of thiophene rings is 1. The lowest BCUT2D eigenvalue weighted by Crippen LogP contribution is -2.39. The number of ether oxygens (including phenoxy) is 1. The Labute approximate surface area is 163 Å². The number of hydrogen-bond acceptors (Lipinski definition) is 3. The maximum absolute atomic E-state index is 13.1. The number of carbonyl (C=O) groups is 1. The monoisotopic (exact) mass is 375 g/mol. The summed E-state index contributed by atoms with van der Waals surface area (Å²) < 4.78 is 5.25. The smallest absolute Gasteiger partial charge is 0.247 e. The standard InChI is InChI=1S/C23H21NO2S/c1-26-19-9-5-6-17(16-19)10-11-22(25)24-14-12-21-20(13-15-27-21)23(24)18-7-3-2-4-8-18/h2-11,13,15-16,23H,12,14H2,1H3. The highest BCUT2D eigenvalue weighted by Gasteiger charge is 2.31. The molecule has 1 aliphatic rings. The molecule has 4 rings (SSSR count). The van der Waals surface area contributed by atoms with Crippen molar-refractivity contribution < 1.29 is 9.53 Å². The number of carbonyl (C=O) groups excluding carboxylic acids is 1. The van der Waals surface area contributed by atoms with Gasteiger partial charge in [0.2, 0.25) is 5.91 Å². The minimum Gasteiger partial charge on any atom is -0.497 e. The topological polar surface area (TPSA) is 29.5 Å². The van der Waals surface area contributed by atoms with E-state index in [9.17, 15) is 4.79 Å². The largest absolute Gasteiger partial charge is 0.497 e. The van der Waals surface area contributed by atoms with Crippen molar-refractivity contribution in [3.63, 3.8) is 0 Å². The number of fused-ring (bicyclic) bond motifs is 1. The van der Waals surface area contributed by atoms with Gasteiger partial charge in [-0.2, -0.15) is 0 Å². The van der Waals surface area contributed by atoms with Gasteiger partial charge >= 0.3 is 0 Å². The Bertz CT molecular complexity index is 961. The van der Waals surface area contributed by atoms with Gasteiger partial charge in [-0.05, 0) is 52.8 Å². The molecule has 0 spiro atoms. The number of benzene rings is 2. The Morgan fingerprint density at radius 3 is 2.81 bits per heavy atom. The van der Waals surface area contributed by atoms with E-state index in [1.165, 1.54) is 10.4 Å². The molecule has 3 aromatic rings. The summed E-state index contributed by atoms with van der Waals surface area (Å²) in [6, 6.07) is 20.1. The second-order valence-corrected chi connectivity index (χ2v) is 7.50. The number of methoxy groups -OCH3 is 1. The van der Waals surface area contributed by atoms with Gasteiger partial charge in [0.05, 0.1) is 13.2 Å². The molecule has 1 aliphatic heterocycles. The van der Waals surface area contributed by atoms with Crippen molar-refractivity contribution in [2.45, 2.75) is 12.5 Å². The first-order valence-corrected chi connectivity index (χ1v) is 9.88. The van der Waals surface area contributed by atoms with E-state index in [-0.39, 0.29) is 11.9 Å². The fraction of sp³-hybridized carbons (Fsp3) is 0.174. The predicted molar refractivity (Wildman–Crippen MR) is 110 cm³/mol. The van der Waals surface area contributed by atoms with Crippen LogP contribution in [0.4, 0.5) is 0 Å². The molecule has 1 amide bonds. The zero-order valence-electron chi connectivity index (χ0n) is 15.2. The lowest BCUT2D eigenvalue weighted by molar-refractivity contribution is -0.127. The van der Waals surface area contributed by atoms with Gasteiger partial charge in [-0.3, -0.25) is 4.79 Å². The number of amides is 1. The van der Waals surface area contributed by atoms with Crippen LogP contribution in [0.1, 0.15) is 27.6 Å². The average Bonchev–Trinajstić information content (AvgIpc) is 3.21. The minimum atomic E-state index is -0.0244. The molecule has 136 valence electrons. The summed E-state index contributed by atoms with van der Waals surface area (Å²) in [7, 11) is 1.64. The molecular weight excluding hydrogens is 354 g/mol. The average molecular weight is 375 g/mol. The highest BCUT2D eigenvalue weighted by molar-refractivity contribution is 7.10. The van der Waals surface area contributed by atoms with Crippen LogP contribution in [-0.4, -0.2) is 24.5 Å². The first kappa shape index (κ1) is 17.6. The van der Waals surface area contributed by atoms with E-state index in [1.54, 1.807) is 24.5 Å². The number of hydrogen-bond donors (Lipinski definition) is 0. The van der Waals surface area contributed by atoms with Crippen molar-refractivity contribution in [3.8, 4) is 5.75 Å². The Kier molecular flexibility index (Phi) is 5.07. The Morgan fingerprint density at radius 2 is 2.00 bits per heavy atom. The van der Waals surface area contributed by atoms with Crippen molar-refractivity contribution in [2.75, 3.05) is 13.7 Å². The van der Waals surface area contributed by atoms with E-state index in [4.69, 9.17) is 4.74 Å². The molecule has 0 saturated heterocycles. The van der Waals surface area contributed by atoms with Crippen molar-refractivity contribution >= 4 is 23.3 Å². The molecule has 0 bridgehead atoms. The second-order valence-electron chi connectivity index (χ2n) is 6.50. The maximum atomic E-state index is 13.1. The van der Waals surface area contributed by atoms with Gasteiger partial charge in [-0.25, -0.2) is 0 Å². The van der Waals surface area contributed by atoms with Crippen LogP contribution in [-0.2, 0) is 11.2 Å². The van der Waals surface area contributed by atoms with E-state index < -0.39 is 0 Å². The molecule has 2 heterocycles. The third-order valence-corrected chi connectivity index (χ3v) is 5.87. The maximum Gasteiger partial charge on any atom is 0.247 e. The lowest BCUT2D eigenvalue weighted by Gasteiger charge is -2.35. The molecule has 4 heteroatoms. The van der Waals surface area contributed by atoms with E-state index >= 15 is 0 Å². The predicted octanol–water partition coefficient (Wildman–Crippen LogP) is 4.94. The SMILES string of the molecule is COc1cccc(C=CC(=O)N2CCc3sccc3C2c2ccccc2)c1. The van der Waals surface area contributed by atoms with Crippen LogP contribution in [0.3, 0.4) is 0 Å². The van der Waals surface area contributed by atoms with Crippen LogP contribution < -0.4 is 4.74 Å². The molecule has 1 unspecified atom stereocenters. The summed E-state index contributed by atoms with van der Waals surface area (Å²) in [4.78, 5) is 16.4. The van der Waals surface area contributed by atoms with Crippen LogP contribution in [0.5, 0.6) is 5.75 Å². The highest BCUT2D eigenvalue weighted by atomic mass is 32.1. The van der Waals surface area contributed by atoms with Crippen molar-refractivity contribution in [1.82, 2.24) is 4.90 Å². The van der Waals surface area contributed by atoms with Crippen LogP contribution in [0.15, 0.2) is 72.1 Å². The normalized spacial score (nSPS) is 16.3. The molecule has 0 aliphatic carbocycles. The van der Waals surface area contributed by atoms with E-state index in [0.29, 0.717) is 0 Å². The summed E-state index contributed by atoms with van der Waals surface area (Å²) in [5.74, 6) is 0.816. The van der Waals surface area contributed by atoms with Gasteiger partial charge in [0.15, 0.2) is 0 Å². The first-order valence-electron chi connectivity index (χ1n) is 9.00. The second kappa shape index (κ2) is 7.80. The molecule has 1 aromatic heterocycles. The summed E-state index contributed by atoms with van der Waals surface area (Å²) >= 11 is 1.78. The van der Waals surface area contributed by atoms with Crippen LogP contribution >= 0.6 is 11.3 Å². The Morgan fingerprint density at radius 1 is 1.15 bits per heavy atom. The fourth-order valence-electron chi connectivity index (χ4n) is 3.56. The van der Waals surface area contributed by atoms with Crippen LogP contribution in [0, 0.1) is 0 Å². The fourth-order valence-corrected chi connectivity index (χ4v) is 4.46. The quantitative estimate of drug-likeness (QED) is 0.604. The molecule has 0 N–H and O–H groups in total. The summed E-state index contributed by atoms with van der Waals surface area (Å²) in [6.45, 7) is 0.731. The molecule has 2 aromatic carbocycles. The highest BCUT2D eigenvalue weighted by Crippen LogP contribution is 2.37. The van der Waals surface area contributed by atoms with E-state index in [2.05, 4.69) is 23.6 Å². The van der Waals surface area contributed by atoms with Crippen LogP contribution in [0.25, 0.3) is 6.08 Å². The van der Waals surface area contributed by atoms with Gasteiger partial charge < -0.3 is 9.64 Å². The third-order valence-electron chi connectivity index (χ3n) is 4.88. The van der Waals surface area contributed by atoms with Gasteiger partial charge in [-0.15, -0.1) is 11.3 Å². The Hall–Kier alpha value is -2.85. The molecule has 0 radical (unpaired) electrons. The molecule has 27 heavy (non-hydrogen) atoms. The first-order chi connectivity index (χ1) is 13.3.